The maximum Gasteiger partial charge on any atom is 0.217 e. The van der Waals surface area contributed by atoms with Crippen LogP contribution in [0.1, 0.15) is 6.92 Å². The number of amides is 1. The monoisotopic (exact) mass is 290 g/mol. The molecule has 1 aliphatic heterocycles. The molecule has 1 aliphatic rings. The second-order valence-corrected chi connectivity index (χ2v) is 4.26. The van der Waals surface area contributed by atoms with Crippen LogP contribution in [0.2, 0.25) is 0 Å². The average molecular weight is 290 g/mol. The number of carbonyl (C=O) groups excluding carboxylic acids is 1. The lowest BCUT2D eigenvalue weighted by atomic mass is 9.97. The van der Waals surface area contributed by atoms with Crippen molar-refractivity contribution in [3.8, 4) is 0 Å². The van der Waals surface area contributed by atoms with Crippen LogP contribution >= 0.6 is 0 Å². The fraction of sp³-hybridized carbons (Fsp3) is 0.900. The molecule has 1 rings (SSSR count). The molecule has 1 saturated heterocycles. The maximum absolute atomic E-state index is 11.1. The van der Waals surface area contributed by atoms with Crippen molar-refractivity contribution in [1.29, 1.82) is 0 Å². The van der Waals surface area contributed by atoms with Crippen LogP contribution in [0.4, 0.5) is 0 Å². The third-order valence-electron chi connectivity index (χ3n) is 2.79. The van der Waals surface area contributed by atoms with E-state index in [0.717, 1.165) is 0 Å². The van der Waals surface area contributed by atoms with E-state index in [9.17, 15) is 15.0 Å². The molecule has 0 aromatic rings. The fourth-order valence-electron chi connectivity index (χ4n) is 1.87. The number of hydrogen-bond donors (Lipinski definition) is 4. The number of nitrogens with zero attached hydrogens (tertiary/aromatic N) is 3. The molecular weight excluding hydrogens is 272 g/mol. The van der Waals surface area contributed by atoms with E-state index in [-0.39, 0.29) is 13.2 Å². The van der Waals surface area contributed by atoms with Gasteiger partial charge in [-0.3, -0.25) is 4.79 Å². The lowest BCUT2D eigenvalue weighted by Crippen LogP contribution is -2.64. The van der Waals surface area contributed by atoms with Gasteiger partial charge in [0.05, 0.1) is 13.2 Å². The van der Waals surface area contributed by atoms with Crippen molar-refractivity contribution in [1.82, 2.24) is 5.32 Å². The van der Waals surface area contributed by atoms with Crippen LogP contribution in [0.15, 0.2) is 5.11 Å². The summed E-state index contributed by atoms with van der Waals surface area (Å²) in [6, 6.07) is -0.989. The van der Waals surface area contributed by atoms with Gasteiger partial charge in [0.1, 0.15) is 24.4 Å². The molecule has 1 amide bonds. The number of carbonyl (C=O) groups is 1. The smallest absolute Gasteiger partial charge is 0.217 e. The Kier molecular flexibility index (Phi) is 6.65. The molecule has 20 heavy (non-hydrogen) atoms. The topological polar surface area (TPSA) is 157 Å². The van der Waals surface area contributed by atoms with Gasteiger partial charge in [0.15, 0.2) is 6.29 Å². The van der Waals surface area contributed by atoms with Gasteiger partial charge in [0.25, 0.3) is 0 Å². The third kappa shape index (κ3) is 4.30. The van der Waals surface area contributed by atoms with Gasteiger partial charge in [-0.1, -0.05) is 5.11 Å². The molecule has 0 aromatic carbocycles. The van der Waals surface area contributed by atoms with E-state index < -0.39 is 43.2 Å². The van der Waals surface area contributed by atoms with Crippen LogP contribution in [-0.4, -0.2) is 71.6 Å². The van der Waals surface area contributed by atoms with Crippen molar-refractivity contribution < 1.29 is 29.6 Å². The van der Waals surface area contributed by atoms with E-state index in [1.807, 2.05) is 0 Å². The lowest BCUT2D eigenvalue weighted by Gasteiger charge is -2.42. The van der Waals surface area contributed by atoms with Gasteiger partial charge >= 0.3 is 0 Å². The Labute approximate surface area is 114 Å². The zero-order valence-electron chi connectivity index (χ0n) is 10.9. The number of ether oxygens (including phenoxy) is 2. The standard InChI is InChI=1S/C10H18N4O6/c1-5(16)13-7-9(18)8(17)6(4-15)20-10(7)19-3-2-12-14-11/h6-10,15,17-18H,2-4H2,1H3,(H,13,16)/t6-,7-,8+,9-,10-/m1/s1. The molecule has 0 aromatic heterocycles. The number of aliphatic hydroxyl groups is 3. The van der Waals surface area contributed by atoms with Crippen LogP contribution in [-0.2, 0) is 14.3 Å². The summed E-state index contributed by atoms with van der Waals surface area (Å²) in [6.07, 6.45) is -4.80. The molecule has 10 nitrogen and oxygen atoms in total. The van der Waals surface area contributed by atoms with E-state index in [2.05, 4.69) is 15.3 Å². The Hall–Kier alpha value is -1.42. The summed E-state index contributed by atoms with van der Waals surface area (Å²) in [4.78, 5) is 13.7. The second kappa shape index (κ2) is 8.00. The van der Waals surface area contributed by atoms with E-state index in [1.54, 1.807) is 0 Å². The predicted octanol–water partition coefficient (Wildman–Crippen LogP) is -1.74. The van der Waals surface area contributed by atoms with Crippen molar-refractivity contribution in [2.45, 2.75) is 37.6 Å². The molecule has 0 radical (unpaired) electrons. The molecule has 1 heterocycles. The maximum atomic E-state index is 11.1. The van der Waals surface area contributed by atoms with Gasteiger partial charge < -0.3 is 30.1 Å². The highest BCUT2D eigenvalue weighted by Crippen LogP contribution is 2.22. The summed E-state index contributed by atoms with van der Waals surface area (Å²) < 4.78 is 10.5. The number of azide groups is 1. The molecule has 114 valence electrons. The van der Waals surface area contributed by atoms with E-state index in [1.165, 1.54) is 6.92 Å². The van der Waals surface area contributed by atoms with Crippen LogP contribution in [0.3, 0.4) is 0 Å². The summed E-state index contributed by atoms with van der Waals surface area (Å²) in [5.74, 6) is -0.434. The van der Waals surface area contributed by atoms with E-state index >= 15 is 0 Å². The largest absolute Gasteiger partial charge is 0.394 e. The van der Waals surface area contributed by atoms with E-state index in [4.69, 9.17) is 20.1 Å². The first-order valence-electron chi connectivity index (χ1n) is 6.03. The van der Waals surface area contributed by atoms with Crippen LogP contribution in [0.25, 0.3) is 10.4 Å². The first-order chi connectivity index (χ1) is 9.51. The van der Waals surface area contributed by atoms with Crippen LogP contribution < -0.4 is 5.32 Å². The summed E-state index contributed by atoms with van der Waals surface area (Å²) in [6.45, 7) is 0.785. The normalized spacial score (nSPS) is 33.3. The molecule has 5 atom stereocenters. The first kappa shape index (κ1) is 16.6. The molecule has 1 fully saturated rings. The number of rotatable bonds is 6. The molecule has 0 bridgehead atoms. The number of aliphatic hydroxyl groups excluding tert-OH is 3. The van der Waals surface area contributed by atoms with Crippen LogP contribution in [0, 0.1) is 0 Å². The van der Waals surface area contributed by atoms with Crippen LogP contribution in [0.5, 0.6) is 0 Å². The van der Waals surface area contributed by atoms with Gasteiger partial charge in [0.2, 0.25) is 5.91 Å². The average Bonchev–Trinajstić information content (AvgIpc) is 2.41. The Morgan fingerprint density at radius 3 is 2.75 bits per heavy atom. The second-order valence-electron chi connectivity index (χ2n) is 4.26. The summed E-state index contributed by atoms with van der Waals surface area (Å²) >= 11 is 0. The molecule has 0 aliphatic carbocycles. The Morgan fingerprint density at radius 1 is 1.50 bits per heavy atom. The van der Waals surface area contributed by atoms with Gasteiger partial charge in [-0.05, 0) is 5.53 Å². The molecule has 4 N–H and O–H groups in total. The van der Waals surface area contributed by atoms with Gasteiger partial charge in [0, 0.05) is 18.4 Å². The van der Waals surface area contributed by atoms with Gasteiger partial charge in [-0.2, -0.15) is 0 Å². The van der Waals surface area contributed by atoms with Gasteiger partial charge in [-0.25, -0.2) is 0 Å². The zero-order valence-corrected chi connectivity index (χ0v) is 10.9. The summed E-state index contributed by atoms with van der Waals surface area (Å²) in [5.41, 5.74) is 8.14. The molecule has 10 heteroatoms. The summed E-state index contributed by atoms with van der Waals surface area (Å²) in [7, 11) is 0. The zero-order chi connectivity index (χ0) is 15.1. The highest BCUT2D eigenvalue weighted by Gasteiger charge is 2.45. The molecule has 0 saturated carbocycles. The Morgan fingerprint density at radius 2 is 2.20 bits per heavy atom. The third-order valence-corrected chi connectivity index (χ3v) is 2.79. The fourth-order valence-corrected chi connectivity index (χ4v) is 1.87. The van der Waals surface area contributed by atoms with Crippen molar-refractivity contribution >= 4 is 5.91 Å². The lowest BCUT2D eigenvalue weighted by molar-refractivity contribution is -0.269. The molecular formula is C10H18N4O6. The number of hydrogen-bond acceptors (Lipinski definition) is 7. The number of nitrogens with one attached hydrogen (secondary N) is 1. The van der Waals surface area contributed by atoms with Crippen molar-refractivity contribution in [3.63, 3.8) is 0 Å². The molecule has 0 unspecified atom stereocenters. The Bertz CT molecular complexity index is 375. The predicted molar refractivity (Wildman–Crippen MR) is 65.3 cm³/mol. The minimum absolute atomic E-state index is 0.00573. The molecule has 0 spiro atoms. The minimum Gasteiger partial charge on any atom is -0.394 e. The highest BCUT2D eigenvalue weighted by atomic mass is 16.7. The summed E-state index contributed by atoms with van der Waals surface area (Å²) in [5, 5.41) is 34.4. The van der Waals surface area contributed by atoms with E-state index in [0.29, 0.717) is 0 Å². The first-order valence-corrected chi connectivity index (χ1v) is 6.03. The van der Waals surface area contributed by atoms with Gasteiger partial charge in [-0.15, -0.1) is 0 Å². The van der Waals surface area contributed by atoms with Crippen molar-refractivity contribution in [3.05, 3.63) is 10.4 Å². The Balaban J connectivity index is 2.72. The SMILES string of the molecule is CC(=O)N[C@H]1[C@H](OCCN=[N+]=[N-])O[C@H](CO)[C@H](O)[C@@H]1O. The van der Waals surface area contributed by atoms with Crippen molar-refractivity contribution in [2.75, 3.05) is 19.8 Å². The highest BCUT2D eigenvalue weighted by molar-refractivity contribution is 5.73. The minimum atomic E-state index is -1.35. The van der Waals surface area contributed by atoms with Crippen molar-refractivity contribution in [2.24, 2.45) is 5.11 Å². The quantitative estimate of drug-likeness (QED) is 0.197.